The summed E-state index contributed by atoms with van der Waals surface area (Å²) in [4.78, 5) is 35.0. The molecule has 5 heterocycles. The average Bonchev–Trinajstić information content (AvgIpc) is 3.45. The number of fused-ring (bicyclic) bond motifs is 2. The largest absolute Gasteiger partial charge is 0.367 e. The third-order valence-electron chi connectivity index (χ3n) is 7.50. The van der Waals surface area contributed by atoms with Crippen LogP contribution >= 0.6 is 11.3 Å². The fourth-order valence-electron chi connectivity index (χ4n) is 5.41. The van der Waals surface area contributed by atoms with Crippen LogP contribution in [0.3, 0.4) is 0 Å². The van der Waals surface area contributed by atoms with Crippen molar-refractivity contribution in [3.8, 4) is 0 Å². The van der Waals surface area contributed by atoms with E-state index >= 15 is 0 Å². The average molecular weight is 502 g/mol. The van der Waals surface area contributed by atoms with Crippen molar-refractivity contribution >= 4 is 39.2 Å². The van der Waals surface area contributed by atoms with Crippen molar-refractivity contribution in [2.75, 3.05) is 36.0 Å². The summed E-state index contributed by atoms with van der Waals surface area (Å²) in [7, 11) is 0. The maximum atomic E-state index is 13.2. The van der Waals surface area contributed by atoms with Crippen LogP contribution in [0, 0.1) is 13.8 Å². The molecule has 0 radical (unpaired) electrons. The van der Waals surface area contributed by atoms with E-state index in [1.54, 1.807) is 23.9 Å². The first kappa shape index (κ1) is 23.0. The molecule has 1 atom stereocenters. The van der Waals surface area contributed by atoms with Crippen LogP contribution in [0.1, 0.15) is 28.6 Å². The van der Waals surface area contributed by atoms with Crippen LogP contribution in [0.4, 0.5) is 10.8 Å². The monoisotopic (exact) mass is 501 g/mol. The van der Waals surface area contributed by atoms with Crippen molar-refractivity contribution in [1.82, 2.24) is 24.4 Å². The lowest BCUT2D eigenvalue weighted by molar-refractivity contribution is -0.134. The molecule has 0 bridgehead atoms. The highest BCUT2D eigenvalue weighted by atomic mass is 32.1. The number of aryl methyl sites for hydroxylation is 2. The summed E-state index contributed by atoms with van der Waals surface area (Å²) in [6, 6.07) is 10.6. The quantitative estimate of drug-likeness (QED) is 0.424. The Labute approximate surface area is 215 Å². The van der Waals surface area contributed by atoms with Crippen molar-refractivity contribution in [2.24, 2.45) is 0 Å². The van der Waals surface area contributed by atoms with E-state index in [-0.39, 0.29) is 18.5 Å². The maximum Gasteiger partial charge on any atom is 0.242 e. The molecule has 4 aromatic rings. The highest BCUT2D eigenvalue weighted by Crippen LogP contribution is 2.34. The molecule has 9 heteroatoms. The van der Waals surface area contributed by atoms with Crippen molar-refractivity contribution in [3.05, 3.63) is 64.6 Å². The molecule has 1 saturated heterocycles. The van der Waals surface area contributed by atoms with Gasteiger partial charge in [-0.3, -0.25) is 4.79 Å². The van der Waals surface area contributed by atoms with Gasteiger partial charge in [0, 0.05) is 55.5 Å². The molecule has 2 aliphatic heterocycles. The van der Waals surface area contributed by atoms with Gasteiger partial charge in [0.05, 0.1) is 12.0 Å². The standard InChI is InChI=1S/C27H31N7OS/c1-18-14-31(12-13-34(18)25(35)16-33-17-29-23-7-5-10-28-26(23)33)24-8-4-6-21-9-11-32(15-22(21)24)27-30-19(2)20(3)36-27/h4-8,10,17-18H,9,11-16H2,1-3H3. The predicted molar refractivity (Wildman–Crippen MR) is 144 cm³/mol. The fraction of sp³-hybridized carbons (Fsp3) is 0.407. The SMILES string of the molecule is Cc1nc(N2CCc3cccc(N4CCN(C(=O)Cn5cnc6cccnc65)C(C)C4)c3C2)sc1C. The number of carbonyl (C=O) groups is 1. The number of pyridine rings is 1. The number of nitrogens with zero attached hydrogens (tertiary/aromatic N) is 7. The second-order valence-electron chi connectivity index (χ2n) is 9.83. The van der Waals surface area contributed by atoms with Gasteiger partial charge in [-0.05, 0) is 56.5 Å². The van der Waals surface area contributed by atoms with Crippen LogP contribution in [0.2, 0.25) is 0 Å². The number of amides is 1. The van der Waals surface area contributed by atoms with Crippen LogP contribution in [0.25, 0.3) is 11.2 Å². The first-order valence-electron chi connectivity index (χ1n) is 12.6. The van der Waals surface area contributed by atoms with Gasteiger partial charge in [0.1, 0.15) is 12.1 Å². The molecule has 0 saturated carbocycles. The van der Waals surface area contributed by atoms with Crippen molar-refractivity contribution in [1.29, 1.82) is 0 Å². The van der Waals surface area contributed by atoms with Crippen LogP contribution < -0.4 is 9.80 Å². The summed E-state index contributed by atoms with van der Waals surface area (Å²) in [5.74, 6) is 0.114. The summed E-state index contributed by atoms with van der Waals surface area (Å²) in [6.07, 6.45) is 4.48. The number of thiazole rings is 1. The van der Waals surface area contributed by atoms with Gasteiger partial charge in [-0.25, -0.2) is 15.0 Å². The van der Waals surface area contributed by atoms with Gasteiger partial charge < -0.3 is 19.3 Å². The Kier molecular flexibility index (Phi) is 5.87. The zero-order valence-corrected chi connectivity index (χ0v) is 21.8. The summed E-state index contributed by atoms with van der Waals surface area (Å²) >= 11 is 1.79. The second kappa shape index (κ2) is 9.20. The number of anilines is 2. The van der Waals surface area contributed by atoms with E-state index in [0.29, 0.717) is 6.54 Å². The normalized spacial score (nSPS) is 18.1. The van der Waals surface area contributed by atoms with Crippen LogP contribution in [-0.4, -0.2) is 62.5 Å². The lowest BCUT2D eigenvalue weighted by Crippen LogP contribution is -2.55. The Hall–Kier alpha value is -3.46. The Bertz CT molecular complexity index is 1410. The molecule has 8 nitrogen and oxygen atoms in total. The number of hydrogen-bond donors (Lipinski definition) is 0. The van der Waals surface area contributed by atoms with Crippen LogP contribution in [-0.2, 0) is 24.3 Å². The number of aromatic nitrogens is 4. The van der Waals surface area contributed by atoms with Gasteiger partial charge in [-0.1, -0.05) is 12.1 Å². The van der Waals surface area contributed by atoms with E-state index in [1.807, 2.05) is 21.6 Å². The number of piperazine rings is 1. The lowest BCUT2D eigenvalue weighted by atomic mass is 9.97. The fourth-order valence-corrected chi connectivity index (χ4v) is 6.34. The van der Waals surface area contributed by atoms with Crippen LogP contribution in [0.15, 0.2) is 42.9 Å². The molecule has 1 aromatic carbocycles. The van der Waals surface area contributed by atoms with Gasteiger partial charge in [0.2, 0.25) is 5.91 Å². The van der Waals surface area contributed by atoms with Gasteiger partial charge in [-0.15, -0.1) is 11.3 Å². The molecule has 2 aliphatic rings. The Balaban J connectivity index is 1.17. The smallest absolute Gasteiger partial charge is 0.242 e. The van der Waals surface area contributed by atoms with E-state index < -0.39 is 0 Å². The molecule has 1 fully saturated rings. The Morgan fingerprint density at radius 3 is 2.78 bits per heavy atom. The first-order valence-corrected chi connectivity index (χ1v) is 13.4. The molecule has 6 rings (SSSR count). The van der Waals surface area contributed by atoms with Gasteiger partial charge in [-0.2, -0.15) is 0 Å². The van der Waals surface area contributed by atoms with E-state index in [2.05, 4.69) is 58.7 Å². The number of hydrogen-bond acceptors (Lipinski definition) is 7. The third kappa shape index (κ3) is 4.11. The lowest BCUT2D eigenvalue weighted by Gasteiger charge is -2.42. The molecule has 36 heavy (non-hydrogen) atoms. The second-order valence-corrected chi connectivity index (χ2v) is 11.0. The zero-order valence-electron chi connectivity index (χ0n) is 21.0. The Morgan fingerprint density at radius 2 is 1.97 bits per heavy atom. The number of carbonyl (C=O) groups excluding carboxylic acids is 1. The molecule has 186 valence electrons. The molecule has 3 aromatic heterocycles. The summed E-state index contributed by atoms with van der Waals surface area (Å²) in [5.41, 5.74) is 6.82. The number of benzene rings is 1. The molecule has 0 aliphatic carbocycles. The van der Waals surface area contributed by atoms with Crippen LogP contribution in [0.5, 0.6) is 0 Å². The minimum absolute atomic E-state index is 0.114. The molecular weight excluding hydrogens is 470 g/mol. The predicted octanol–water partition coefficient (Wildman–Crippen LogP) is 3.80. The summed E-state index contributed by atoms with van der Waals surface area (Å²) in [5, 5.41) is 1.12. The first-order chi connectivity index (χ1) is 17.5. The van der Waals surface area contributed by atoms with Crippen molar-refractivity contribution in [3.63, 3.8) is 0 Å². The molecule has 1 amide bonds. The molecule has 0 N–H and O–H groups in total. The minimum Gasteiger partial charge on any atom is -0.367 e. The number of rotatable bonds is 4. The highest BCUT2D eigenvalue weighted by molar-refractivity contribution is 7.15. The molecular formula is C27H31N7OS. The van der Waals surface area contributed by atoms with Gasteiger partial charge >= 0.3 is 0 Å². The Morgan fingerprint density at radius 1 is 1.08 bits per heavy atom. The summed E-state index contributed by atoms with van der Waals surface area (Å²) in [6.45, 7) is 10.9. The van der Waals surface area contributed by atoms with E-state index in [9.17, 15) is 4.79 Å². The van der Waals surface area contributed by atoms with Gasteiger partial charge in [0.15, 0.2) is 10.8 Å². The van der Waals surface area contributed by atoms with E-state index in [1.165, 1.54) is 21.7 Å². The molecule has 0 spiro atoms. The van der Waals surface area contributed by atoms with E-state index in [4.69, 9.17) is 4.98 Å². The highest BCUT2D eigenvalue weighted by Gasteiger charge is 2.30. The molecule has 1 unspecified atom stereocenters. The topological polar surface area (TPSA) is 70.4 Å². The van der Waals surface area contributed by atoms with Gasteiger partial charge in [0.25, 0.3) is 0 Å². The van der Waals surface area contributed by atoms with Crippen molar-refractivity contribution < 1.29 is 4.79 Å². The van der Waals surface area contributed by atoms with Crippen molar-refractivity contribution in [2.45, 2.75) is 46.3 Å². The maximum absolute atomic E-state index is 13.2. The minimum atomic E-state index is 0.114. The third-order valence-corrected chi connectivity index (χ3v) is 8.64. The zero-order chi connectivity index (χ0) is 24.8. The number of imidazole rings is 1. The van der Waals surface area contributed by atoms with E-state index in [0.717, 1.165) is 54.6 Å². The summed E-state index contributed by atoms with van der Waals surface area (Å²) < 4.78 is 1.85.